The molecule has 3 N–H and O–H groups in total. The summed E-state index contributed by atoms with van der Waals surface area (Å²) in [5, 5.41) is 13.1. The smallest absolute Gasteiger partial charge is 0.309 e. The summed E-state index contributed by atoms with van der Waals surface area (Å²) in [5.41, 5.74) is -0.545. The molecule has 6 nitrogen and oxygen atoms in total. The fraction of sp³-hybridized carbons (Fsp3) is 1.00. The van der Waals surface area contributed by atoms with Gasteiger partial charge in [-0.3, -0.25) is 4.52 Å². The van der Waals surface area contributed by atoms with Crippen molar-refractivity contribution in [3.05, 3.63) is 0 Å². The molecule has 85 valence electrons. The highest BCUT2D eigenvalue weighted by atomic mass is 31.2. The van der Waals surface area contributed by atoms with Crippen molar-refractivity contribution in [2.45, 2.75) is 25.8 Å². The number of phosphoric ester groups is 1. The Morgan fingerprint density at radius 3 is 2.43 bits per heavy atom. The second-order valence-electron chi connectivity index (χ2n) is 3.63. The summed E-state index contributed by atoms with van der Waals surface area (Å²) < 4.78 is 14.8. The van der Waals surface area contributed by atoms with Crippen LogP contribution >= 0.6 is 7.82 Å². The second kappa shape index (κ2) is 5.80. The van der Waals surface area contributed by atoms with Crippen LogP contribution in [0.5, 0.6) is 0 Å². The fourth-order valence-corrected chi connectivity index (χ4v) is 1.29. The molecule has 1 radical (unpaired) electrons. The number of hydrogen-bond acceptors (Lipinski definition) is 3. The van der Waals surface area contributed by atoms with Crippen molar-refractivity contribution in [3.63, 3.8) is 0 Å². The molecule has 0 atom stereocenters. The summed E-state index contributed by atoms with van der Waals surface area (Å²) in [5.74, 6) is 0. The molecule has 0 spiro atoms. The van der Waals surface area contributed by atoms with Crippen molar-refractivity contribution < 1.29 is 24.0 Å². The van der Waals surface area contributed by atoms with E-state index in [1.807, 2.05) is 0 Å². The van der Waals surface area contributed by atoms with Gasteiger partial charge in [0.15, 0.2) is 0 Å². The summed E-state index contributed by atoms with van der Waals surface area (Å²) in [6.45, 7) is 3.74. The third-order valence-electron chi connectivity index (χ3n) is 1.52. The van der Waals surface area contributed by atoms with Crippen molar-refractivity contribution in [1.82, 2.24) is 5.32 Å². The minimum absolute atomic E-state index is 0.101. The van der Waals surface area contributed by atoms with Crippen molar-refractivity contribution in [1.29, 1.82) is 0 Å². The second-order valence-corrected chi connectivity index (χ2v) is 4.87. The molecule has 0 bridgehead atoms. The molecule has 0 aliphatic rings. The van der Waals surface area contributed by atoms with Gasteiger partial charge in [-0.15, -0.1) is 0 Å². The van der Waals surface area contributed by atoms with Crippen LogP contribution in [0.3, 0.4) is 0 Å². The van der Waals surface area contributed by atoms with Gasteiger partial charge < -0.3 is 15.1 Å². The maximum atomic E-state index is 10.4. The Labute approximate surface area is 83.5 Å². The van der Waals surface area contributed by atoms with Gasteiger partial charge in [0.2, 0.25) is 0 Å². The van der Waals surface area contributed by atoms with Crippen LogP contribution in [0.2, 0.25) is 0 Å². The van der Waals surface area contributed by atoms with Gasteiger partial charge in [-0.2, -0.15) is 0 Å². The molecule has 0 fully saturated rings. The predicted molar refractivity (Wildman–Crippen MR) is 50.2 cm³/mol. The minimum atomic E-state index is -4.40. The van der Waals surface area contributed by atoms with Crippen molar-refractivity contribution in [2.75, 3.05) is 19.8 Å². The SMILES string of the molecule is CC(C)(COP(=O)(O)O)NCCC[O]. The molecular weight excluding hydrogens is 209 g/mol. The Morgan fingerprint density at radius 1 is 1.43 bits per heavy atom. The molecule has 0 unspecified atom stereocenters. The molecule has 0 aliphatic heterocycles. The number of nitrogens with one attached hydrogen (secondary N) is 1. The van der Waals surface area contributed by atoms with Crippen LogP contribution in [0.25, 0.3) is 0 Å². The maximum Gasteiger partial charge on any atom is 0.469 e. The molecule has 0 aromatic rings. The molecule has 0 aromatic carbocycles. The number of phosphoric acid groups is 1. The molecule has 14 heavy (non-hydrogen) atoms. The molecule has 0 rings (SSSR count). The summed E-state index contributed by atoms with van der Waals surface area (Å²) >= 11 is 0. The summed E-state index contributed by atoms with van der Waals surface area (Å²) in [4.78, 5) is 16.9. The van der Waals surface area contributed by atoms with Crippen molar-refractivity contribution >= 4 is 7.82 Å². The first kappa shape index (κ1) is 14.0. The molecule has 0 saturated heterocycles. The summed E-state index contributed by atoms with van der Waals surface area (Å²) in [6, 6.07) is 0. The van der Waals surface area contributed by atoms with E-state index in [4.69, 9.17) is 9.79 Å². The first-order valence-electron chi connectivity index (χ1n) is 4.30. The molecule has 7 heteroatoms. The lowest BCUT2D eigenvalue weighted by Crippen LogP contribution is -2.43. The zero-order valence-electron chi connectivity index (χ0n) is 8.39. The van der Waals surface area contributed by atoms with Gasteiger partial charge in [0, 0.05) is 5.54 Å². The van der Waals surface area contributed by atoms with Gasteiger partial charge in [0.25, 0.3) is 0 Å². The van der Waals surface area contributed by atoms with Gasteiger partial charge in [-0.1, -0.05) is 0 Å². The molecule has 0 aliphatic carbocycles. The van der Waals surface area contributed by atoms with Gasteiger partial charge in [-0.05, 0) is 26.8 Å². The van der Waals surface area contributed by atoms with Crippen LogP contribution in [0.1, 0.15) is 20.3 Å². The van der Waals surface area contributed by atoms with Crippen molar-refractivity contribution in [3.8, 4) is 0 Å². The quantitative estimate of drug-likeness (QED) is 0.428. The molecular formula is C7H17NO5P. The van der Waals surface area contributed by atoms with E-state index in [1.165, 1.54) is 0 Å². The lowest BCUT2D eigenvalue weighted by atomic mass is 10.1. The highest BCUT2D eigenvalue weighted by Crippen LogP contribution is 2.36. The molecule has 0 aromatic heterocycles. The average molecular weight is 226 g/mol. The molecule has 0 heterocycles. The van der Waals surface area contributed by atoms with Gasteiger partial charge in [0.1, 0.15) is 0 Å². The molecule has 0 amide bonds. The van der Waals surface area contributed by atoms with Gasteiger partial charge >= 0.3 is 7.82 Å². The van der Waals surface area contributed by atoms with Crippen LogP contribution in [0, 0.1) is 0 Å². The van der Waals surface area contributed by atoms with Crippen LogP contribution in [0.15, 0.2) is 0 Å². The Kier molecular flexibility index (Phi) is 5.81. The van der Waals surface area contributed by atoms with Crippen LogP contribution in [-0.4, -0.2) is 35.1 Å². The monoisotopic (exact) mass is 226 g/mol. The lowest BCUT2D eigenvalue weighted by Gasteiger charge is -2.25. The van der Waals surface area contributed by atoms with Crippen LogP contribution in [0.4, 0.5) is 0 Å². The van der Waals surface area contributed by atoms with E-state index in [9.17, 15) is 9.67 Å². The average Bonchev–Trinajstić information content (AvgIpc) is 2.00. The number of hydrogen-bond donors (Lipinski definition) is 3. The standard InChI is InChI=1S/C7H17NO5P/c1-7(2,8-4-3-5-9)6-13-14(10,11)12/h8H,3-6H2,1-2H3,(H2,10,11,12). The Hall–Kier alpha value is 0.0300. The maximum absolute atomic E-state index is 10.4. The van der Waals surface area contributed by atoms with Gasteiger partial charge in [-0.25, -0.2) is 9.67 Å². The van der Waals surface area contributed by atoms with E-state index in [2.05, 4.69) is 9.84 Å². The first-order chi connectivity index (χ1) is 6.27. The van der Waals surface area contributed by atoms with Gasteiger partial charge in [0.05, 0.1) is 13.2 Å². The van der Waals surface area contributed by atoms with E-state index >= 15 is 0 Å². The van der Waals surface area contributed by atoms with Crippen molar-refractivity contribution in [2.24, 2.45) is 0 Å². The third kappa shape index (κ3) is 8.62. The molecule has 0 saturated carbocycles. The first-order valence-corrected chi connectivity index (χ1v) is 5.83. The van der Waals surface area contributed by atoms with E-state index in [-0.39, 0.29) is 13.2 Å². The Balaban J connectivity index is 3.77. The minimum Gasteiger partial charge on any atom is -0.309 e. The normalized spacial score (nSPS) is 13.2. The van der Waals surface area contributed by atoms with E-state index in [0.717, 1.165) is 0 Å². The zero-order chi connectivity index (χ0) is 11.2. The Morgan fingerprint density at radius 2 is 2.00 bits per heavy atom. The number of rotatable bonds is 7. The largest absolute Gasteiger partial charge is 0.469 e. The van der Waals surface area contributed by atoms with E-state index in [1.54, 1.807) is 13.8 Å². The summed E-state index contributed by atoms with van der Waals surface area (Å²) in [7, 11) is -4.40. The fourth-order valence-electron chi connectivity index (χ4n) is 0.795. The van der Waals surface area contributed by atoms with Crippen LogP contribution in [-0.2, 0) is 14.2 Å². The summed E-state index contributed by atoms with van der Waals surface area (Å²) in [6.07, 6.45) is 0.485. The van der Waals surface area contributed by atoms with Crippen LogP contribution < -0.4 is 5.32 Å². The predicted octanol–water partition coefficient (Wildman–Crippen LogP) is 0.284. The highest BCUT2D eigenvalue weighted by molar-refractivity contribution is 7.46. The Bertz CT molecular complexity index is 202. The van der Waals surface area contributed by atoms with E-state index < -0.39 is 13.4 Å². The highest BCUT2D eigenvalue weighted by Gasteiger charge is 2.23. The van der Waals surface area contributed by atoms with E-state index in [0.29, 0.717) is 13.0 Å². The topological polar surface area (TPSA) is 98.7 Å². The zero-order valence-corrected chi connectivity index (χ0v) is 9.29. The third-order valence-corrected chi connectivity index (χ3v) is 1.98. The lowest BCUT2D eigenvalue weighted by molar-refractivity contribution is 0.142.